The van der Waals surface area contributed by atoms with Crippen molar-refractivity contribution in [3.8, 4) is 0 Å². The van der Waals surface area contributed by atoms with E-state index in [1.54, 1.807) is 0 Å². The van der Waals surface area contributed by atoms with Gasteiger partial charge in [0.25, 0.3) is 0 Å². The summed E-state index contributed by atoms with van der Waals surface area (Å²) in [7, 11) is 0. The molecule has 23 heavy (non-hydrogen) atoms. The van der Waals surface area contributed by atoms with Gasteiger partial charge >= 0.3 is 0 Å². The number of hydrogen-bond acceptors (Lipinski definition) is 4. The minimum absolute atomic E-state index is 0.0454. The van der Waals surface area contributed by atoms with E-state index in [0.717, 1.165) is 25.7 Å². The number of carbonyl (C=O) groups is 2. The van der Waals surface area contributed by atoms with Gasteiger partial charge in [-0.2, -0.15) is 0 Å². The van der Waals surface area contributed by atoms with E-state index in [9.17, 15) is 19.8 Å². The maximum absolute atomic E-state index is 11.9. The molecule has 0 radical (unpaired) electrons. The third-order valence-electron chi connectivity index (χ3n) is 4.91. The van der Waals surface area contributed by atoms with Crippen molar-refractivity contribution in [2.24, 2.45) is 5.92 Å². The van der Waals surface area contributed by atoms with E-state index in [1.165, 1.54) is 32.1 Å². The number of Topliss-reactive ketones (excluding diaryl/α,β-unsaturated/α-hetero) is 2. The fourth-order valence-electron chi connectivity index (χ4n) is 3.26. The zero-order chi connectivity index (χ0) is 17.1. The molecule has 0 bridgehead atoms. The van der Waals surface area contributed by atoms with Crippen LogP contribution in [0.5, 0.6) is 0 Å². The molecule has 3 unspecified atom stereocenters. The van der Waals surface area contributed by atoms with Crippen LogP contribution in [0, 0.1) is 5.92 Å². The highest BCUT2D eigenvalue weighted by Gasteiger charge is 2.21. The Labute approximate surface area is 140 Å². The van der Waals surface area contributed by atoms with Crippen LogP contribution in [-0.2, 0) is 9.59 Å². The van der Waals surface area contributed by atoms with E-state index in [1.807, 2.05) is 0 Å². The summed E-state index contributed by atoms with van der Waals surface area (Å²) in [5.41, 5.74) is 0. The molecule has 1 fully saturated rings. The van der Waals surface area contributed by atoms with Crippen molar-refractivity contribution in [3.05, 3.63) is 0 Å². The van der Waals surface area contributed by atoms with Crippen molar-refractivity contribution in [1.29, 1.82) is 0 Å². The lowest BCUT2D eigenvalue weighted by Crippen LogP contribution is -2.26. The Morgan fingerprint density at radius 2 is 1.13 bits per heavy atom. The number of aliphatic hydroxyl groups excluding tert-OH is 2. The third kappa shape index (κ3) is 9.21. The van der Waals surface area contributed by atoms with Crippen LogP contribution >= 0.6 is 0 Å². The molecule has 2 N–H and O–H groups in total. The number of carbonyl (C=O) groups excluding carboxylic acids is 2. The minimum atomic E-state index is -0.964. The fourth-order valence-corrected chi connectivity index (χ4v) is 3.26. The topological polar surface area (TPSA) is 74.6 Å². The van der Waals surface area contributed by atoms with Gasteiger partial charge in [0.05, 0.1) is 0 Å². The monoisotopic (exact) mass is 326 g/mol. The standard InChI is InChI=1S/C19H34O4/c1-15-10-8-6-4-2-3-5-7-9-11-16(20)17(21)12-13-18(22)19(23)14-15/h15-16,19-20,23H,2-14H2,1H3. The Morgan fingerprint density at radius 3 is 1.70 bits per heavy atom. The molecule has 4 nitrogen and oxygen atoms in total. The van der Waals surface area contributed by atoms with Crippen LogP contribution in [0.25, 0.3) is 0 Å². The normalized spacial score (nSPS) is 31.3. The van der Waals surface area contributed by atoms with E-state index in [2.05, 4.69) is 6.92 Å². The van der Waals surface area contributed by atoms with Crippen LogP contribution in [0.3, 0.4) is 0 Å². The van der Waals surface area contributed by atoms with Crippen molar-refractivity contribution in [2.75, 3.05) is 0 Å². The fraction of sp³-hybridized carbons (Fsp3) is 0.895. The maximum Gasteiger partial charge on any atom is 0.161 e. The van der Waals surface area contributed by atoms with Crippen molar-refractivity contribution in [2.45, 2.75) is 103 Å². The third-order valence-corrected chi connectivity index (χ3v) is 4.91. The molecular formula is C19H34O4. The van der Waals surface area contributed by atoms with E-state index in [4.69, 9.17) is 0 Å². The van der Waals surface area contributed by atoms with Gasteiger partial charge in [-0.05, 0) is 18.8 Å². The summed E-state index contributed by atoms with van der Waals surface area (Å²) in [6.07, 6.45) is 9.39. The van der Waals surface area contributed by atoms with Gasteiger partial charge in [0.2, 0.25) is 0 Å². The molecule has 134 valence electrons. The first kappa shape index (κ1) is 20.3. The zero-order valence-electron chi connectivity index (χ0n) is 14.6. The molecule has 0 spiro atoms. The molecule has 1 saturated carbocycles. The highest BCUT2D eigenvalue weighted by Crippen LogP contribution is 2.19. The number of ketones is 2. The second-order valence-corrected chi connectivity index (χ2v) is 7.21. The number of aliphatic hydroxyl groups is 2. The molecule has 1 aliphatic carbocycles. The molecule has 0 aromatic heterocycles. The summed E-state index contributed by atoms with van der Waals surface area (Å²) in [6, 6.07) is 0. The highest BCUT2D eigenvalue weighted by atomic mass is 16.3. The van der Waals surface area contributed by atoms with Crippen LogP contribution in [0.4, 0.5) is 0 Å². The van der Waals surface area contributed by atoms with Crippen LogP contribution in [0.2, 0.25) is 0 Å². The average molecular weight is 326 g/mol. The van der Waals surface area contributed by atoms with Gasteiger partial charge < -0.3 is 10.2 Å². The van der Waals surface area contributed by atoms with Crippen molar-refractivity contribution >= 4 is 11.6 Å². The van der Waals surface area contributed by atoms with Gasteiger partial charge in [-0.3, -0.25) is 9.59 Å². The Balaban J connectivity index is 2.47. The predicted molar refractivity (Wildman–Crippen MR) is 91.2 cm³/mol. The molecular weight excluding hydrogens is 292 g/mol. The molecule has 4 heteroatoms. The Kier molecular flexibility index (Phi) is 10.4. The van der Waals surface area contributed by atoms with Crippen LogP contribution < -0.4 is 0 Å². The smallest absolute Gasteiger partial charge is 0.161 e. The first-order valence-corrected chi connectivity index (χ1v) is 9.42. The van der Waals surface area contributed by atoms with Crippen molar-refractivity contribution in [3.63, 3.8) is 0 Å². The number of hydrogen-bond donors (Lipinski definition) is 2. The van der Waals surface area contributed by atoms with E-state index >= 15 is 0 Å². The molecule has 0 amide bonds. The Bertz CT molecular complexity index is 353. The molecule has 0 saturated heterocycles. The summed E-state index contributed by atoms with van der Waals surface area (Å²) in [5, 5.41) is 19.8. The number of rotatable bonds is 0. The molecule has 1 rings (SSSR count). The minimum Gasteiger partial charge on any atom is -0.385 e. The Hall–Kier alpha value is -0.740. The van der Waals surface area contributed by atoms with E-state index < -0.39 is 12.2 Å². The van der Waals surface area contributed by atoms with Gasteiger partial charge in [0.1, 0.15) is 12.2 Å². The SMILES string of the molecule is CC1CCCCCCCCCCC(O)C(=O)CCC(=O)C(O)C1. The van der Waals surface area contributed by atoms with Gasteiger partial charge in [0.15, 0.2) is 11.6 Å². The summed E-state index contributed by atoms with van der Waals surface area (Å²) in [6.45, 7) is 2.07. The van der Waals surface area contributed by atoms with Crippen molar-refractivity contribution in [1.82, 2.24) is 0 Å². The summed E-state index contributed by atoms with van der Waals surface area (Å²) < 4.78 is 0. The molecule has 0 aliphatic heterocycles. The average Bonchev–Trinajstić information content (AvgIpc) is 2.52. The molecule has 0 aromatic carbocycles. The first-order valence-electron chi connectivity index (χ1n) is 9.42. The quantitative estimate of drug-likeness (QED) is 0.713. The van der Waals surface area contributed by atoms with Gasteiger partial charge in [-0.1, -0.05) is 64.7 Å². The van der Waals surface area contributed by atoms with Crippen LogP contribution in [-0.4, -0.2) is 34.0 Å². The van der Waals surface area contributed by atoms with Crippen LogP contribution in [0.15, 0.2) is 0 Å². The zero-order valence-corrected chi connectivity index (χ0v) is 14.6. The van der Waals surface area contributed by atoms with Gasteiger partial charge in [-0.15, -0.1) is 0 Å². The van der Waals surface area contributed by atoms with Gasteiger partial charge in [0, 0.05) is 12.8 Å². The molecule has 1 aliphatic rings. The summed E-state index contributed by atoms with van der Waals surface area (Å²) >= 11 is 0. The van der Waals surface area contributed by atoms with E-state index in [-0.39, 0.29) is 24.4 Å². The lowest BCUT2D eigenvalue weighted by Gasteiger charge is -2.16. The second-order valence-electron chi connectivity index (χ2n) is 7.21. The van der Waals surface area contributed by atoms with E-state index in [0.29, 0.717) is 18.8 Å². The highest BCUT2D eigenvalue weighted by molar-refractivity contribution is 5.89. The largest absolute Gasteiger partial charge is 0.385 e. The second kappa shape index (κ2) is 11.7. The first-order chi connectivity index (χ1) is 11.0. The molecule has 0 heterocycles. The Morgan fingerprint density at radius 1 is 0.696 bits per heavy atom. The maximum atomic E-state index is 11.9. The molecule has 0 aromatic rings. The van der Waals surface area contributed by atoms with Crippen LogP contribution in [0.1, 0.15) is 90.4 Å². The lowest BCUT2D eigenvalue weighted by atomic mass is 9.92. The summed E-state index contributed by atoms with van der Waals surface area (Å²) in [5.74, 6) is -0.202. The molecule has 3 atom stereocenters. The van der Waals surface area contributed by atoms with Gasteiger partial charge in [-0.25, -0.2) is 0 Å². The summed E-state index contributed by atoms with van der Waals surface area (Å²) in [4.78, 5) is 23.8. The predicted octanol–water partition coefficient (Wildman–Crippen LogP) is 3.57. The lowest BCUT2D eigenvalue weighted by molar-refractivity contribution is -0.133. The van der Waals surface area contributed by atoms with Crippen molar-refractivity contribution < 1.29 is 19.8 Å².